The van der Waals surface area contributed by atoms with Crippen molar-refractivity contribution < 1.29 is 4.79 Å². The third kappa shape index (κ3) is 3.56. The summed E-state index contributed by atoms with van der Waals surface area (Å²) >= 11 is 6.04. The Morgan fingerprint density at radius 1 is 1.33 bits per heavy atom. The Bertz CT molecular complexity index is 981. The van der Waals surface area contributed by atoms with Gasteiger partial charge in [0.15, 0.2) is 0 Å². The van der Waals surface area contributed by atoms with E-state index in [0.29, 0.717) is 24.0 Å². The molecule has 1 unspecified atom stereocenters. The van der Waals surface area contributed by atoms with Crippen LogP contribution in [0.4, 0.5) is 0 Å². The number of fused-ring (bicyclic) bond motifs is 1. The highest BCUT2D eigenvalue weighted by Crippen LogP contribution is 2.31. The van der Waals surface area contributed by atoms with E-state index in [0.717, 1.165) is 35.4 Å². The summed E-state index contributed by atoms with van der Waals surface area (Å²) in [5, 5.41) is 0.666. The molecule has 0 bridgehead atoms. The van der Waals surface area contributed by atoms with Crippen molar-refractivity contribution in [2.45, 2.75) is 38.6 Å². The summed E-state index contributed by atoms with van der Waals surface area (Å²) in [6.07, 6.45) is 4.98. The molecule has 1 saturated heterocycles. The van der Waals surface area contributed by atoms with Gasteiger partial charge in [0.05, 0.1) is 23.7 Å². The second kappa shape index (κ2) is 7.31. The minimum atomic E-state index is 0.147. The molecule has 140 valence electrons. The van der Waals surface area contributed by atoms with Crippen LogP contribution >= 0.6 is 11.6 Å². The molecule has 2 aromatic heterocycles. The number of pyridine rings is 1. The predicted octanol–water partition coefficient (Wildman–Crippen LogP) is 4.22. The van der Waals surface area contributed by atoms with E-state index in [9.17, 15) is 4.79 Å². The zero-order valence-corrected chi connectivity index (χ0v) is 16.4. The molecule has 0 aliphatic carbocycles. The van der Waals surface area contributed by atoms with Gasteiger partial charge in [-0.1, -0.05) is 23.7 Å². The molecule has 0 spiro atoms. The van der Waals surface area contributed by atoms with Crippen molar-refractivity contribution >= 4 is 28.5 Å². The molecule has 0 N–H and O–H groups in total. The molecule has 1 fully saturated rings. The number of imidazole rings is 1. The lowest BCUT2D eigenvalue weighted by atomic mass is 10.1. The van der Waals surface area contributed by atoms with Gasteiger partial charge < -0.3 is 9.47 Å². The summed E-state index contributed by atoms with van der Waals surface area (Å²) in [4.78, 5) is 23.8. The third-order valence-electron chi connectivity index (χ3n) is 5.19. The molecule has 3 heterocycles. The van der Waals surface area contributed by atoms with Crippen LogP contribution in [0.2, 0.25) is 5.02 Å². The van der Waals surface area contributed by atoms with E-state index in [1.165, 1.54) is 0 Å². The first-order chi connectivity index (χ1) is 13.0. The highest BCUT2D eigenvalue weighted by Gasteiger charge is 2.31. The zero-order valence-electron chi connectivity index (χ0n) is 15.6. The van der Waals surface area contributed by atoms with Gasteiger partial charge in [-0.3, -0.25) is 9.78 Å². The molecule has 4 rings (SSSR count). The van der Waals surface area contributed by atoms with Gasteiger partial charge >= 0.3 is 0 Å². The van der Waals surface area contributed by atoms with Gasteiger partial charge in [0, 0.05) is 36.3 Å². The SMILES string of the molecule is CC(C)n1c(C2CCN(C(=O)Cc3cccc(Cl)c3)C2)nc2ccncc21. The van der Waals surface area contributed by atoms with Gasteiger partial charge in [-0.15, -0.1) is 0 Å². The minimum Gasteiger partial charge on any atom is -0.342 e. The summed E-state index contributed by atoms with van der Waals surface area (Å²) in [5.41, 5.74) is 2.99. The second-order valence-corrected chi connectivity index (χ2v) is 7.87. The molecular formula is C21H23ClN4O. The fourth-order valence-electron chi connectivity index (χ4n) is 3.92. The van der Waals surface area contributed by atoms with Crippen LogP contribution in [0.3, 0.4) is 0 Å². The van der Waals surface area contributed by atoms with Crippen LogP contribution in [0.15, 0.2) is 42.7 Å². The third-order valence-corrected chi connectivity index (χ3v) is 5.42. The van der Waals surface area contributed by atoms with E-state index >= 15 is 0 Å². The number of amides is 1. The Balaban J connectivity index is 1.53. The maximum absolute atomic E-state index is 12.7. The van der Waals surface area contributed by atoms with Crippen LogP contribution < -0.4 is 0 Å². The van der Waals surface area contributed by atoms with Crippen LogP contribution in [0.25, 0.3) is 11.0 Å². The molecule has 1 aromatic carbocycles. The molecule has 6 heteroatoms. The summed E-state index contributed by atoms with van der Waals surface area (Å²) in [6, 6.07) is 9.77. The molecule has 1 aliphatic heterocycles. The molecule has 0 saturated carbocycles. The number of carbonyl (C=O) groups excluding carboxylic acids is 1. The van der Waals surface area contributed by atoms with Crippen molar-refractivity contribution in [3.63, 3.8) is 0 Å². The molecular weight excluding hydrogens is 360 g/mol. The topological polar surface area (TPSA) is 51.0 Å². The van der Waals surface area contributed by atoms with Gasteiger partial charge in [-0.05, 0) is 44.0 Å². The van der Waals surface area contributed by atoms with Crippen LogP contribution in [0.5, 0.6) is 0 Å². The number of carbonyl (C=O) groups is 1. The van der Waals surface area contributed by atoms with E-state index < -0.39 is 0 Å². The van der Waals surface area contributed by atoms with Crippen LogP contribution in [-0.2, 0) is 11.2 Å². The maximum Gasteiger partial charge on any atom is 0.227 e. The van der Waals surface area contributed by atoms with E-state index in [-0.39, 0.29) is 11.8 Å². The van der Waals surface area contributed by atoms with E-state index in [1.54, 1.807) is 6.20 Å². The normalized spacial score (nSPS) is 17.2. The van der Waals surface area contributed by atoms with Crippen molar-refractivity contribution in [3.8, 4) is 0 Å². The highest BCUT2D eigenvalue weighted by atomic mass is 35.5. The number of likely N-dealkylation sites (tertiary alicyclic amines) is 1. The number of rotatable bonds is 4. The first-order valence-corrected chi connectivity index (χ1v) is 9.75. The van der Waals surface area contributed by atoms with Crippen LogP contribution in [0, 0.1) is 0 Å². The van der Waals surface area contributed by atoms with Crippen LogP contribution in [-0.4, -0.2) is 38.4 Å². The Morgan fingerprint density at radius 2 is 2.19 bits per heavy atom. The predicted molar refractivity (Wildman–Crippen MR) is 107 cm³/mol. The summed E-state index contributed by atoms with van der Waals surface area (Å²) in [6.45, 7) is 5.80. The molecule has 5 nitrogen and oxygen atoms in total. The Labute approximate surface area is 164 Å². The second-order valence-electron chi connectivity index (χ2n) is 7.43. The number of halogens is 1. The molecule has 27 heavy (non-hydrogen) atoms. The quantitative estimate of drug-likeness (QED) is 0.678. The molecule has 0 radical (unpaired) electrons. The largest absolute Gasteiger partial charge is 0.342 e. The highest BCUT2D eigenvalue weighted by molar-refractivity contribution is 6.30. The van der Waals surface area contributed by atoms with Gasteiger partial charge in [0.2, 0.25) is 5.91 Å². The number of benzene rings is 1. The lowest BCUT2D eigenvalue weighted by molar-refractivity contribution is -0.129. The van der Waals surface area contributed by atoms with E-state index in [1.807, 2.05) is 41.4 Å². The van der Waals surface area contributed by atoms with Gasteiger partial charge in [0.1, 0.15) is 5.82 Å². The maximum atomic E-state index is 12.7. The zero-order chi connectivity index (χ0) is 19.0. The lowest BCUT2D eigenvalue weighted by Gasteiger charge is -2.19. The Hall–Kier alpha value is -2.40. The number of hydrogen-bond donors (Lipinski definition) is 0. The minimum absolute atomic E-state index is 0.147. The van der Waals surface area contributed by atoms with Crippen molar-refractivity contribution in [1.82, 2.24) is 19.4 Å². The molecule has 1 atom stereocenters. The lowest BCUT2D eigenvalue weighted by Crippen LogP contribution is -2.30. The fourth-order valence-corrected chi connectivity index (χ4v) is 4.13. The van der Waals surface area contributed by atoms with Gasteiger partial charge in [-0.25, -0.2) is 4.98 Å². The van der Waals surface area contributed by atoms with Crippen molar-refractivity contribution in [3.05, 3.63) is 59.1 Å². The average Bonchev–Trinajstić information content (AvgIpc) is 3.26. The van der Waals surface area contributed by atoms with Gasteiger partial charge in [-0.2, -0.15) is 0 Å². The average molecular weight is 383 g/mol. The number of hydrogen-bond acceptors (Lipinski definition) is 3. The number of aromatic nitrogens is 3. The smallest absolute Gasteiger partial charge is 0.227 e. The Kier molecular flexibility index (Phi) is 4.87. The van der Waals surface area contributed by atoms with E-state index in [4.69, 9.17) is 16.6 Å². The molecule has 3 aromatic rings. The van der Waals surface area contributed by atoms with Crippen LogP contribution in [0.1, 0.15) is 43.6 Å². The van der Waals surface area contributed by atoms with Crippen molar-refractivity contribution in [2.75, 3.05) is 13.1 Å². The first kappa shape index (κ1) is 18.0. The van der Waals surface area contributed by atoms with E-state index in [2.05, 4.69) is 23.4 Å². The summed E-state index contributed by atoms with van der Waals surface area (Å²) < 4.78 is 2.26. The van der Waals surface area contributed by atoms with Gasteiger partial charge in [0.25, 0.3) is 0 Å². The molecule has 1 aliphatic rings. The van der Waals surface area contributed by atoms with Crippen molar-refractivity contribution in [2.24, 2.45) is 0 Å². The molecule has 1 amide bonds. The van der Waals surface area contributed by atoms with Crippen molar-refractivity contribution in [1.29, 1.82) is 0 Å². The summed E-state index contributed by atoms with van der Waals surface area (Å²) in [5.74, 6) is 1.46. The fraction of sp³-hybridized carbons (Fsp3) is 0.381. The number of nitrogens with zero attached hydrogens (tertiary/aromatic N) is 4. The first-order valence-electron chi connectivity index (χ1n) is 9.37. The standard InChI is InChI=1S/C21H23ClN4O/c1-14(2)26-19-12-23-8-6-18(19)24-21(26)16-7-9-25(13-16)20(27)11-15-4-3-5-17(22)10-15/h3-6,8,10,12,14,16H,7,9,11,13H2,1-2H3. The summed E-state index contributed by atoms with van der Waals surface area (Å²) in [7, 11) is 0. The monoisotopic (exact) mass is 382 g/mol. The Morgan fingerprint density at radius 3 is 2.96 bits per heavy atom.